The number of sulfonamides is 1. The second-order valence-electron chi connectivity index (χ2n) is 4.60. The molecular formula is C11H12N6O3S. The van der Waals surface area contributed by atoms with E-state index in [1.165, 1.54) is 0 Å². The van der Waals surface area contributed by atoms with Crippen molar-refractivity contribution in [2.24, 2.45) is 0 Å². The SMILES string of the molecule is CC(NS(C)(=O)=O)c1nc(-c2ccc3n[nH]nc3c2)no1. The fourth-order valence-electron chi connectivity index (χ4n) is 1.88. The second kappa shape index (κ2) is 4.90. The van der Waals surface area contributed by atoms with E-state index in [9.17, 15) is 8.42 Å². The molecule has 2 aromatic heterocycles. The van der Waals surface area contributed by atoms with Gasteiger partial charge in [-0.3, -0.25) is 0 Å². The van der Waals surface area contributed by atoms with Crippen molar-refractivity contribution in [3.05, 3.63) is 24.1 Å². The highest BCUT2D eigenvalue weighted by atomic mass is 32.2. The third-order valence-corrected chi connectivity index (χ3v) is 3.56. The monoisotopic (exact) mass is 308 g/mol. The minimum atomic E-state index is -3.35. The minimum absolute atomic E-state index is 0.190. The second-order valence-corrected chi connectivity index (χ2v) is 6.38. The van der Waals surface area contributed by atoms with Crippen LogP contribution >= 0.6 is 0 Å². The third kappa shape index (κ3) is 2.90. The van der Waals surface area contributed by atoms with Gasteiger partial charge in [0, 0.05) is 5.56 Å². The fraction of sp³-hybridized carbons (Fsp3) is 0.273. The molecule has 0 saturated carbocycles. The lowest BCUT2D eigenvalue weighted by atomic mass is 10.2. The number of benzene rings is 1. The van der Waals surface area contributed by atoms with E-state index in [2.05, 4.69) is 30.3 Å². The summed E-state index contributed by atoms with van der Waals surface area (Å²) in [6, 6.07) is 4.73. The van der Waals surface area contributed by atoms with Crippen molar-refractivity contribution in [2.45, 2.75) is 13.0 Å². The number of nitrogens with zero attached hydrogens (tertiary/aromatic N) is 4. The molecule has 0 bridgehead atoms. The normalized spacial score (nSPS) is 13.6. The van der Waals surface area contributed by atoms with Crippen LogP contribution in [0.15, 0.2) is 22.7 Å². The van der Waals surface area contributed by atoms with Crippen LogP contribution in [0.2, 0.25) is 0 Å². The van der Waals surface area contributed by atoms with E-state index in [1.54, 1.807) is 25.1 Å². The van der Waals surface area contributed by atoms with Crippen LogP contribution in [0.1, 0.15) is 18.9 Å². The van der Waals surface area contributed by atoms with Crippen molar-refractivity contribution in [1.82, 2.24) is 30.3 Å². The molecule has 0 amide bonds. The molecule has 0 aliphatic heterocycles. The Kier molecular flexibility index (Phi) is 3.18. The standard InChI is InChI=1S/C11H12N6O3S/c1-6(16-21(2,18)19)11-12-10(15-20-11)7-3-4-8-9(5-7)14-17-13-8/h3-6,16H,1-2H3,(H,13,14,17). The first-order chi connectivity index (χ1) is 9.92. The van der Waals surface area contributed by atoms with Gasteiger partial charge in [0.15, 0.2) is 0 Å². The third-order valence-electron chi connectivity index (χ3n) is 2.78. The largest absolute Gasteiger partial charge is 0.337 e. The van der Waals surface area contributed by atoms with Crippen LogP contribution in [0.3, 0.4) is 0 Å². The molecule has 2 N–H and O–H groups in total. The number of nitrogens with one attached hydrogen (secondary N) is 2. The summed E-state index contributed by atoms with van der Waals surface area (Å²) in [6.07, 6.45) is 1.07. The van der Waals surface area contributed by atoms with E-state index < -0.39 is 16.1 Å². The van der Waals surface area contributed by atoms with Gasteiger partial charge in [-0.25, -0.2) is 13.1 Å². The van der Waals surface area contributed by atoms with E-state index in [1.807, 2.05) is 0 Å². The highest BCUT2D eigenvalue weighted by molar-refractivity contribution is 7.88. The predicted octanol–water partition coefficient (Wildman–Crippen LogP) is 0.618. The Morgan fingerprint density at radius 1 is 1.29 bits per heavy atom. The molecule has 1 aromatic carbocycles. The molecule has 0 saturated heterocycles. The summed E-state index contributed by atoms with van der Waals surface area (Å²) >= 11 is 0. The summed E-state index contributed by atoms with van der Waals surface area (Å²) in [6.45, 7) is 1.62. The van der Waals surface area contributed by atoms with Gasteiger partial charge in [0.2, 0.25) is 21.7 Å². The molecule has 0 spiro atoms. The molecule has 0 fully saturated rings. The molecule has 1 atom stereocenters. The zero-order chi connectivity index (χ0) is 15.0. The number of hydrogen-bond acceptors (Lipinski definition) is 7. The molecule has 0 aliphatic carbocycles. The van der Waals surface area contributed by atoms with E-state index in [0.29, 0.717) is 16.9 Å². The Hall–Kier alpha value is -2.33. The van der Waals surface area contributed by atoms with Gasteiger partial charge in [-0.05, 0) is 25.1 Å². The Balaban J connectivity index is 1.90. The molecular weight excluding hydrogens is 296 g/mol. The van der Waals surface area contributed by atoms with Gasteiger partial charge in [0.1, 0.15) is 11.0 Å². The molecule has 110 valence electrons. The number of H-pyrrole nitrogens is 1. The Morgan fingerprint density at radius 2 is 2.05 bits per heavy atom. The Morgan fingerprint density at radius 3 is 2.81 bits per heavy atom. The topological polar surface area (TPSA) is 127 Å². The first-order valence-corrected chi connectivity index (χ1v) is 7.93. The lowest BCUT2D eigenvalue weighted by Crippen LogP contribution is -2.25. The number of aromatic amines is 1. The van der Waals surface area contributed by atoms with Crippen LogP contribution in [0, 0.1) is 0 Å². The first kappa shape index (κ1) is 13.6. The van der Waals surface area contributed by atoms with Gasteiger partial charge in [-0.15, -0.1) is 0 Å². The molecule has 2 heterocycles. The van der Waals surface area contributed by atoms with Gasteiger partial charge in [-0.2, -0.15) is 20.4 Å². The van der Waals surface area contributed by atoms with Crippen LogP contribution in [0.4, 0.5) is 0 Å². The summed E-state index contributed by atoms with van der Waals surface area (Å²) in [4.78, 5) is 4.19. The van der Waals surface area contributed by atoms with Gasteiger partial charge >= 0.3 is 0 Å². The molecule has 1 unspecified atom stereocenters. The maximum absolute atomic E-state index is 11.2. The van der Waals surface area contributed by atoms with E-state index in [-0.39, 0.29) is 5.89 Å². The van der Waals surface area contributed by atoms with Crippen LogP contribution < -0.4 is 4.72 Å². The first-order valence-electron chi connectivity index (χ1n) is 6.04. The van der Waals surface area contributed by atoms with E-state index >= 15 is 0 Å². The van der Waals surface area contributed by atoms with Gasteiger partial charge in [0.05, 0.1) is 12.3 Å². The van der Waals surface area contributed by atoms with E-state index in [0.717, 1.165) is 11.8 Å². The molecule has 0 aliphatic rings. The van der Waals surface area contributed by atoms with Crippen molar-refractivity contribution in [3.8, 4) is 11.4 Å². The highest BCUT2D eigenvalue weighted by Crippen LogP contribution is 2.21. The van der Waals surface area contributed by atoms with Crippen LogP contribution in [-0.2, 0) is 10.0 Å². The zero-order valence-electron chi connectivity index (χ0n) is 11.2. The van der Waals surface area contributed by atoms with Crippen LogP contribution in [-0.4, -0.2) is 40.2 Å². The van der Waals surface area contributed by atoms with Gasteiger partial charge in [-0.1, -0.05) is 5.16 Å². The molecule has 3 rings (SSSR count). The molecule has 9 nitrogen and oxygen atoms in total. The molecule has 21 heavy (non-hydrogen) atoms. The van der Waals surface area contributed by atoms with Crippen molar-refractivity contribution in [2.75, 3.05) is 6.26 Å². The van der Waals surface area contributed by atoms with Crippen molar-refractivity contribution in [1.29, 1.82) is 0 Å². The van der Waals surface area contributed by atoms with Crippen LogP contribution in [0.25, 0.3) is 22.4 Å². The molecule has 3 aromatic rings. The maximum atomic E-state index is 11.2. The Bertz CT molecular complexity index is 884. The fourth-order valence-corrected chi connectivity index (χ4v) is 2.62. The average Bonchev–Trinajstić information content (AvgIpc) is 3.05. The summed E-state index contributed by atoms with van der Waals surface area (Å²) in [5, 5.41) is 14.3. The summed E-state index contributed by atoms with van der Waals surface area (Å²) in [7, 11) is -3.35. The zero-order valence-corrected chi connectivity index (χ0v) is 12.0. The number of rotatable bonds is 4. The van der Waals surface area contributed by atoms with Crippen molar-refractivity contribution < 1.29 is 12.9 Å². The summed E-state index contributed by atoms with van der Waals surface area (Å²) in [5.41, 5.74) is 2.12. The summed E-state index contributed by atoms with van der Waals surface area (Å²) < 4.78 is 29.8. The quantitative estimate of drug-likeness (QED) is 0.723. The van der Waals surface area contributed by atoms with Gasteiger partial charge < -0.3 is 4.52 Å². The van der Waals surface area contributed by atoms with Crippen LogP contribution in [0.5, 0.6) is 0 Å². The minimum Gasteiger partial charge on any atom is -0.337 e. The smallest absolute Gasteiger partial charge is 0.244 e. The van der Waals surface area contributed by atoms with Crippen molar-refractivity contribution >= 4 is 21.1 Å². The summed E-state index contributed by atoms with van der Waals surface area (Å²) in [5.74, 6) is 0.549. The average molecular weight is 308 g/mol. The predicted molar refractivity (Wildman–Crippen MR) is 73.6 cm³/mol. The lowest BCUT2D eigenvalue weighted by molar-refractivity contribution is 0.354. The molecule has 0 radical (unpaired) electrons. The maximum Gasteiger partial charge on any atom is 0.244 e. The highest BCUT2D eigenvalue weighted by Gasteiger charge is 2.18. The number of fused-ring (bicyclic) bond motifs is 1. The van der Waals surface area contributed by atoms with Gasteiger partial charge in [0.25, 0.3) is 0 Å². The van der Waals surface area contributed by atoms with Crippen molar-refractivity contribution in [3.63, 3.8) is 0 Å². The van der Waals surface area contributed by atoms with E-state index in [4.69, 9.17) is 4.52 Å². The number of hydrogen-bond donors (Lipinski definition) is 2. The molecule has 10 heteroatoms. The number of aromatic nitrogens is 5. The Labute approximate surface area is 119 Å². The lowest BCUT2D eigenvalue weighted by Gasteiger charge is -2.05.